The summed E-state index contributed by atoms with van der Waals surface area (Å²) < 4.78 is 2.05. The van der Waals surface area contributed by atoms with Gasteiger partial charge in [0.25, 0.3) is 0 Å². The Morgan fingerprint density at radius 2 is 2.00 bits per heavy atom. The van der Waals surface area contributed by atoms with Gasteiger partial charge in [0, 0.05) is 25.8 Å². The van der Waals surface area contributed by atoms with Crippen LogP contribution in [0, 0.1) is 0 Å². The number of nitrogens with one attached hydrogen (secondary N) is 1. The Hall–Kier alpha value is -1.36. The second-order valence-electron chi connectivity index (χ2n) is 5.80. The molecule has 1 fully saturated rings. The van der Waals surface area contributed by atoms with Crippen molar-refractivity contribution in [2.75, 3.05) is 19.6 Å². The van der Waals surface area contributed by atoms with E-state index in [0.717, 1.165) is 44.5 Å². The maximum absolute atomic E-state index is 12.0. The second-order valence-corrected chi connectivity index (χ2v) is 5.80. The third-order valence-corrected chi connectivity index (χ3v) is 4.27. The highest BCUT2D eigenvalue weighted by atomic mass is 16.2. The number of nitrogens with zero attached hydrogens (tertiary/aromatic N) is 3. The number of hydrogen-bond acceptors (Lipinski definition) is 3. The van der Waals surface area contributed by atoms with E-state index in [-0.39, 0.29) is 5.91 Å². The SMILES string of the molecule is CCC(CC)n1ccc(CNCC(=O)N2CCCCC2)n1. The Labute approximate surface area is 127 Å². The van der Waals surface area contributed by atoms with Crippen molar-refractivity contribution in [1.82, 2.24) is 20.0 Å². The van der Waals surface area contributed by atoms with Crippen LogP contribution in [0.4, 0.5) is 0 Å². The fourth-order valence-corrected chi connectivity index (χ4v) is 2.89. The van der Waals surface area contributed by atoms with Crippen molar-refractivity contribution in [2.24, 2.45) is 0 Å². The van der Waals surface area contributed by atoms with Gasteiger partial charge in [0.05, 0.1) is 18.3 Å². The molecule has 0 saturated carbocycles. The number of carbonyl (C=O) groups excluding carboxylic acids is 1. The molecule has 2 rings (SSSR count). The van der Waals surface area contributed by atoms with Gasteiger partial charge in [0.1, 0.15) is 0 Å². The summed E-state index contributed by atoms with van der Waals surface area (Å²) in [7, 11) is 0. The highest BCUT2D eigenvalue weighted by Gasteiger charge is 2.15. The molecule has 0 bridgehead atoms. The maximum atomic E-state index is 12.0. The van der Waals surface area contributed by atoms with E-state index in [1.165, 1.54) is 6.42 Å². The molecule has 1 aliphatic heterocycles. The third-order valence-electron chi connectivity index (χ3n) is 4.27. The zero-order valence-corrected chi connectivity index (χ0v) is 13.3. The Bertz CT molecular complexity index is 433. The van der Waals surface area contributed by atoms with Crippen LogP contribution >= 0.6 is 0 Å². The first-order chi connectivity index (χ1) is 10.2. The van der Waals surface area contributed by atoms with E-state index in [4.69, 9.17) is 0 Å². The van der Waals surface area contributed by atoms with Crippen LogP contribution in [0.25, 0.3) is 0 Å². The standard InChI is InChI=1S/C16H28N4O/c1-3-15(4-2)20-11-8-14(18-20)12-17-13-16(21)19-9-6-5-7-10-19/h8,11,15,17H,3-7,9-10,12-13H2,1-2H3. The summed E-state index contributed by atoms with van der Waals surface area (Å²) in [4.78, 5) is 14.0. The van der Waals surface area contributed by atoms with Crippen molar-refractivity contribution >= 4 is 5.91 Å². The Balaban J connectivity index is 1.74. The second kappa shape index (κ2) is 8.17. The van der Waals surface area contributed by atoms with Gasteiger partial charge in [-0.15, -0.1) is 0 Å². The molecule has 1 aromatic rings. The van der Waals surface area contributed by atoms with Crippen molar-refractivity contribution in [2.45, 2.75) is 58.5 Å². The number of rotatable bonds is 7. The summed E-state index contributed by atoms with van der Waals surface area (Å²) >= 11 is 0. The average Bonchev–Trinajstić information content (AvgIpc) is 2.98. The Kier molecular flexibility index (Phi) is 6.23. The predicted molar refractivity (Wildman–Crippen MR) is 84.0 cm³/mol. The molecule has 5 nitrogen and oxygen atoms in total. The number of hydrogen-bond donors (Lipinski definition) is 1. The zero-order valence-electron chi connectivity index (χ0n) is 13.3. The topological polar surface area (TPSA) is 50.2 Å². The highest BCUT2D eigenvalue weighted by molar-refractivity contribution is 5.78. The smallest absolute Gasteiger partial charge is 0.236 e. The molecule has 0 unspecified atom stereocenters. The molecule has 5 heteroatoms. The highest BCUT2D eigenvalue weighted by Crippen LogP contribution is 2.14. The lowest BCUT2D eigenvalue weighted by Crippen LogP contribution is -2.41. The van der Waals surface area contributed by atoms with Gasteiger partial charge in [-0.2, -0.15) is 5.10 Å². The Morgan fingerprint density at radius 1 is 1.29 bits per heavy atom. The van der Waals surface area contributed by atoms with E-state index in [1.807, 2.05) is 21.8 Å². The molecule has 21 heavy (non-hydrogen) atoms. The van der Waals surface area contributed by atoms with Gasteiger partial charge in [-0.05, 0) is 38.2 Å². The van der Waals surface area contributed by atoms with E-state index < -0.39 is 0 Å². The molecule has 1 N–H and O–H groups in total. The van der Waals surface area contributed by atoms with Gasteiger partial charge < -0.3 is 10.2 Å². The summed E-state index contributed by atoms with van der Waals surface area (Å²) in [6.07, 6.45) is 7.78. The molecule has 2 heterocycles. The minimum absolute atomic E-state index is 0.217. The van der Waals surface area contributed by atoms with E-state index in [0.29, 0.717) is 19.1 Å². The van der Waals surface area contributed by atoms with Crippen LogP contribution in [0.3, 0.4) is 0 Å². The van der Waals surface area contributed by atoms with E-state index in [9.17, 15) is 4.79 Å². The third kappa shape index (κ3) is 4.56. The van der Waals surface area contributed by atoms with Gasteiger partial charge in [-0.1, -0.05) is 13.8 Å². The summed E-state index contributed by atoms with van der Waals surface area (Å²) in [5, 5.41) is 7.81. The van der Waals surface area contributed by atoms with Crippen LogP contribution < -0.4 is 5.32 Å². The molecular weight excluding hydrogens is 264 g/mol. The summed E-state index contributed by atoms with van der Waals surface area (Å²) in [5.41, 5.74) is 1.01. The first-order valence-electron chi connectivity index (χ1n) is 8.27. The van der Waals surface area contributed by atoms with Crippen LogP contribution in [-0.4, -0.2) is 40.2 Å². The van der Waals surface area contributed by atoms with Crippen molar-refractivity contribution in [3.05, 3.63) is 18.0 Å². The minimum atomic E-state index is 0.217. The van der Waals surface area contributed by atoms with Crippen molar-refractivity contribution in [3.63, 3.8) is 0 Å². The molecule has 1 aromatic heterocycles. The fraction of sp³-hybridized carbons (Fsp3) is 0.750. The molecule has 1 amide bonds. The van der Waals surface area contributed by atoms with Crippen LogP contribution in [0.5, 0.6) is 0 Å². The summed E-state index contributed by atoms with van der Waals surface area (Å²) in [6.45, 7) is 7.29. The van der Waals surface area contributed by atoms with Crippen molar-refractivity contribution in [3.8, 4) is 0 Å². The van der Waals surface area contributed by atoms with Gasteiger partial charge in [-0.3, -0.25) is 9.48 Å². The molecule has 0 radical (unpaired) electrons. The largest absolute Gasteiger partial charge is 0.342 e. The molecule has 118 valence electrons. The number of likely N-dealkylation sites (tertiary alicyclic amines) is 1. The van der Waals surface area contributed by atoms with Gasteiger partial charge >= 0.3 is 0 Å². The predicted octanol–water partition coefficient (Wildman–Crippen LogP) is 2.35. The molecule has 0 aromatic carbocycles. The molecular formula is C16H28N4O. The van der Waals surface area contributed by atoms with E-state index in [2.05, 4.69) is 24.3 Å². The molecule has 0 spiro atoms. The van der Waals surface area contributed by atoms with Crippen LogP contribution in [0.1, 0.15) is 57.7 Å². The van der Waals surface area contributed by atoms with E-state index >= 15 is 0 Å². The molecule has 0 aliphatic carbocycles. The fourth-order valence-electron chi connectivity index (χ4n) is 2.89. The van der Waals surface area contributed by atoms with Crippen molar-refractivity contribution in [1.29, 1.82) is 0 Å². The zero-order chi connectivity index (χ0) is 15.1. The lowest BCUT2D eigenvalue weighted by Gasteiger charge is -2.26. The van der Waals surface area contributed by atoms with Gasteiger partial charge in [0.2, 0.25) is 5.91 Å². The molecule has 1 aliphatic rings. The lowest BCUT2D eigenvalue weighted by atomic mass is 10.1. The number of aromatic nitrogens is 2. The van der Waals surface area contributed by atoms with Gasteiger partial charge in [0.15, 0.2) is 0 Å². The number of piperidine rings is 1. The minimum Gasteiger partial charge on any atom is -0.342 e. The van der Waals surface area contributed by atoms with Crippen LogP contribution in [-0.2, 0) is 11.3 Å². The van der Waals surface area contributed by atoms with E-state index in [1.54, 1.807) is 0 Å². The first-order valence-corrected chi connectivity index (χ1v) is 8.27. The summed E-state index contributed by atoms with van der Waals surface area (Å²) in [6, 6.07) is 2.52. The summed E-state index contributed by atoms with van der Waals surface area (Å²) in [5.74, 6) is 0.217. The molecule has 1 saturated heterocycles. The normalized spacial score (nSPS) is 15.7. The lowest BCUT2D eigenvalue weighted by molar-refractivity contribution is -0.131. The van der Waals surface area contributed by atoms with Gasteiger partial charge in [-0.25, -0.2) is 0 Å². The number of amides is 1. The quantitative estimate of drug-likeness (QED) is 0.839. The maximum Gasteiger partial charge on any atom is 0.236 e. The van der Waals surface area contributed by atoms with Crippen LogP contribution in [0.2, 0.25) is 0 Å². The average molecular weight is 292 g/mol. The Morgan fingerprint density at radius 3 is 2.67 bits per heavy atom. The first kappa shape index (κ1) is 16.0. The van der Waals surface area contributed by atoms with Crippen molar-refractivity contribution < 1.29 is 4.79 Å². The van der Waals surface area contributed by atoms with Crippen LogP contribution in [0.15, 0.2) is 12.3 Å². The monoisotopic (exact) mass is 292 g/mol. The number of carbonyl (C=O) groups is 1. The molecule has 0 atom stereocenters.